The van der Waals surface area contributed by atoms with Gasteiger partial charge in [-0.05, 0) is 0 Å². The predicted octanol–water partition coefficient (Wildman–Crippen LogP) is -2.86. The maximum atomic E-state index is 8.88. The van der Waals surface area contributed by atoms with Crippen molar-refractivity contribution in [3.05, 3.63) is 10.1 Å². The molecule has 0 amide bonds. The van der Waals surface area contributed by atoms with Crippen molar-refractivity contribution < 1.29 is 66.3 Å². The minimum Gasteiger partial charge on any atom is -0.328 e. The van der Waals surface area contributed by atoms with Crippen LogP contribution in [0.1, 0.15) is 0 Å². The first-order chi connectivity index (χ1) is 7.73. The van der Waals surface area contributed by atoms with Crippen LogP contribution < -0.4 is 0 Å². The van der Waals surface area contributed by atoms with Gasteiger partial charge in [-0.15, -0.1) is 10.1 Å². The molecule has 0 aliphatic carbocycles. The molecule has 0 rings (SSSR count). The lowest BCUT2D eigenvalue weighted by atomic mass is 13.1. The van der Waals surface area contributed by atoms with Crippen LogP contribution in [0.3, 0.4) is 0 Å². The fourth-order valence-electron chi connectivity index (χ4n) is 0. The van der Waals surface area contributed by atoms with E-state index in [1.165, 1.54) is 0 Å². The van der Waals surface area contributed by atoms with Crippen molar-refractivity contribution in [3.63, 3.8) is 0 Å². The zero-order valence-electron chi connectivity index (χ0n) is 8.22. The van der Waals surface area contributed by atoms with Gasteiger partial charge in [-0.1, -0.05) is 0 Å². The Morgan fingerprint density at radius 2 is 0.842 bits per heavy atom. The monoisotopic (exact) mass is 357 g/mol. The van der Waals surface area contributed by atoms with E-state index in [2.05, 4.69) is 0 Å². The molecule has 0 atom stereocenters. The Morgan fingerprint density at radius 3 is 0.842 bits per heavy atom. The molecule has 0 saturated heterocycles. The van der Waals surface area contributed by atoms with Crippen molar-refractivity contribution in [2.45, 2.75) is 0 Å². The highest BCUT2D eigenvalue weighted by Gasteiger charge is 2.00. The van der Waals surface area contributed by atoms with E-state index >= 15 is 0 Å². The van der Waals surface area contributed by atoms with Gasteiger partial charge in [0.15, 0.2) is 0 Å². The molecule has 0 aromatic rings. The Bertz CT molecular complexity index is 357. The largest absolute Gasteiger partial charge is 0.466 e. The highest BCUT2D eigenvalue weighted by molar-refractivity contribution is 7.79. The van der Waals surface area contributed by atoms with Gasteiger partial charge < -0.3 is 34.6 Å². The maximum Gasteiger partial charge on any atom is 0.466 e. The molecule has 0 saturated carbocycles. The molecule has 0 aliphatic rings. The fraction of sp³-hybridized carbons (Fsp3) is 0. The van der Waals surface area contributed by atoms with Crippen LogP contribution in [0.4, 0.5) is 0 Å². The van der Waals surface area contributed by atoms with Crippen molar-refractivity contribution in [2.75, 3.05) is 0 Å². The third-order valence-electron chi connectivity index (χ3n) is 0. The molecule has 16 nitrogen and oxygen atoms in total. The van der Waals surface area contributed by atoms with E-state index in [-0.39, 0.29) is 0 Å². The average Bonchev–Trinajstić information content (AvgIpc) is 1.66. The molecular weight excluding hydrogens is 348 g/mol. The summed E-state index contributed by atoms with van der Waals surface area (Å²) in [5.41, 5.74) is 0. The molecule has 0 heterocycles. The molecule has 0 bridgehead atoms. The van der Waals surface area contributed by atoms with E-state index in [9.17, 15) is 0 Å². The molecule has 19 heavy (non-hydrogen) atoms. The third kappa shape index (κ3) is 8020. The van der Waals surface area contributed by atoms with Crippen LogP contribution in [0.5, 0.6) is 0 Å². The van der Waals surface area contributed by atoms with E-state index in [1.54, 1.807) is 0 Å². The number of hydrogen-bond acceptors (Lipinski definition) is 6. The van der Waals surface area contributed by atoms with Crippen LogP contribution in [0.15, 0.2) is 0 Å². The van der Waals surface area contributed by atoms with Crippen LogP contribution in [0.2, 0.25) is 0 Å². The Hall–Kier alpha value is -0.710. The van der Waals surface area contributed by atoms with E-state index < -0.39 is 31.1 Å². The SMILES string of the molecule is O=P(O)(O)O.O=P(O)(O)O.O=S(=O)(O)O.O=[N+]([O-])O. The van der Waals surface area contributed by atoms with Gasteiger partial charge in [0.05, 0.1) is 0 Å². The van der Waals surface area contributed by atoms with Crippen LogP contribution in [0.25, 0.3) is 0 Å². The van der Waals surface area contributed by atoms with E-state index in [0.717, 1.165) is 0 Å². The number of hydrogen-bond donors (Lipinski definition) is 9. The van der Waals surface area contributed by atoms with E-state index in [0.29, 0.717) is 0 Å². The zero-order valence-corrected chi connectivity index (χ0v) is 10.8. The lowest BCUT2D eigenvalue weighted by Crippen LogP contribution is -1.89. The summed E-state index contributed by atoms with van der Waals surface area (Å²) >= 11 is 0. The summed E-state index contributed by atoms with van der Waals surface area (Å²) in [7, 11) is -13.9. The van der Waals surface area contributed by atoms with Crippen molar-refractivity contribution in [1.29, 1.82) is 0 Å². The molecule has 0 aliphatic heterocycles. The van der Waals surface area contributed by atoms with Crippen molar-refractivity contribution in [1.82, 2.24) is 0 Å². The molecule has 0 fully saturated rings. The molecular formula is H9NO15P2S. The van der Waals surface area contributed by atoms with Crippen LogP contribution >= 0.6 is 15.6 Å². The summed E-state index contributed by atoms with van der Waals surface area (Å²) in [6, 6.07) is 0. The highest BCUT2D eigenvalue weighted by Crippen LogP contribution is 2.26. The quantitative estimate of drug-likeness (QED) is 0.0911. The van der Waals surface area contributed by atoms with Crippen LogP contribution in [-0.2, 0) is 19.5 Å². The molecule has 120 valence electrons. The van der Waals surface area contributed by atoms with Gasteiger partial charge >= 0.3 is 26.0 Å². The standard InChI is InChI=1S/HNO3.2H3O4P.H2O4S/c2-1(3)4;3*1-5(2,3)4/h(H,2,3,4);2*(H3,1,2,3,4);(H2,1,2,3,4). The second-order valence-electron chi connectivity index (χ2n) is 1.71. The molecule has 0 aromatic heterocycles. The van der Waals surface area contributed by atoms with Crippen molar-refractivity contribution in [2.24, 2.45) is 0 Å². The van der Waals surface area contributed by atoms with Gasteiger partial charge in [0.1, 0.15) is 0 Å². The van der Waals surface area contributed by atoms with Crippen molar-refractivity contribution >= 4 is 26.0 Å². The summed E-state index contributed by atoms with van der Waals surface area (Å²) in [4.78, 5) is 51.5. The number of phosphoric acid groups is 2. The normalized spacial score (nSPS) is 10.5. The lowest BCUT2D eigenvalue weighted by molar-refractivity contribution is -0.742. The Labute approximate surface area is 103 Å². The van der Waals surface area contributed by atoms with Gasteiger partial charge in [-0.25, -0.2) is 9.13 Å². The second-order valence-corrected chi connectivity index (χ2v) is 4.66. The van der Waals surface area contributed by atoms with Gasteiger partial charge in [-0.3, -0.25) is 9.11 Å². The summed E-state index contributed by atoms with van der Waals surface area (Å²) in [5, 5.41) is 13.6. The third-order valence-corrected chi connectivity index (χ3v) is 0. The number of rotatable bonds is 0. The minimum atomic E-state index is -4.67. The van der Waals surface area contributed by atoms with E-state index in [1.807, 2.05) is 0 Å². The van der Waals surface area contributed by atoms with Gasteiger partial charge in [0.2, 0.25) is 0 Å². The second kappa shape index (κ2) is 11.1. The summed E-state index contributed by atoms with van der Waals surface area (Å²) in [6.07, 6.45) is 0. The minimum absolute atomic E-state index is 1.50. The first kappa shape index (κ1) is 26.8. The van der Waals surface area contributed by atoms with E-state index in [4.69, 9.17) is 71.3 Å². The Morgan fingerprint density at radius 1 is 0.842 bits per heavy atom. The van der Waals surface area contributed by atoms with Crippen molar-refractivity contribution in [3.8, 4) is 0 Å². The Kier molecular flexibility index (Phi) is 15.7. The maximum absolute atomic E-state index is 8.88. The van der Waals surface area contributed by atoms with Crippen LogP contribution in [0, 0.1) is 10.1 Å². The number of nitrogens with zero attached hydrogens (tertiary/aromatic N) is 1. The van der Waals surface area contributed by atoms with Gasteiger partial charge in [-0.2, -0.15) is 8.42 Å². The molecule has 0 spiro atoms. The zero-order chi connectivity index (χ0) is 17.1. The molecule has 0 radical (unpaired) electrons. The average molecular weight is 357 g/mol. The lowest BCUT2D eigenvalue weighted by Gasteiger charge is -1.82. The molecule has 0 unspecified atom stereocenters. The fourth-order valence-corrected chi connectivity index (χ4v) is 0. The Balaban J connectivity index is -0.0000000793. The molecule has 0 aromatic carbocycles. The molecule has 9 N–H and O–H groups in total. The first-order valence-corrected chi connectivity index (χ1v) is 7.36. The van der Waals surface area contributed by atoms with Gasteiger partial charge in [0, 0.05) is 0 Å². The summed E-state index contributed by atoms with van der Waals surface area (Å²) in [5.74, 6) is 0. The van der Waals surface area contributed by atoms with Crippen LogP contribution in [-0.4, -0.2) is 57.2 Å². The smallest absolute Gasteiger partial charge is 0.328 e. The topological polar surface area (TPSA) is 293 Å². The van der Waals surface area contributed by atoms with Gasteiger partial charge in [0.25, 0.3) is 5.09 Å². The predicted molar refractivity (Wildman–Crippen MR) is 51.5 cm³/mol. The first-order valence-electron chi connectivity index (χ1n) is 2.83. The summed E-state index contributed by atoms with van der Waals surface area (Å²) < 4.78 is 49.3. The highest BCUT2D eigenvalue weighted by atomic mass is 32.3. The molecule has 19 heteroatoms. The summed E-state index contributed by atoms with van der Waals surface area (Å²) in [6.45, 7) is 0.